The van der Waals surface area contributed by atoms with Crippen molar-refractivity contribution in [3.63, 3.8) is 0 Å². The highest BCUT2D eigenvalue weighted by atomic mass is 19.4. The van der Waals surface area contributed by atoms with E-state index in [9.17, 15) is 70.2 Å². The van der Waals surface area contributed by atoms with Crippen molar-refractivity contribution in [2.45, 2.75) is 42.7 Å². The standard InChI is InChI=1S/C8F16.C2H6O/c9-1(2(10)11)3(12,13)4(14,15)5(16,17)6(18,19)7(20,21)8(22,23)24;1-2-3/h;3H,2H2,1H3. The van der Waals surface area contributed by atoms with Gasteiger partial charge >= 0.3 is 41.9 Å². The van der Waals surface area contributed by atoms with Crippen LogP contribution < -0.4 is 0 Å². The first kappa shape index (κ1) is 27.8. The number of halogens is 16. The number of hydrogen-bond acceptors (Lipinski definition) is 1. The molecule has 0 bridgehead atoms. The molecule has 0 aromatic carbocycles. The van der Waals surface area contributed by atoms with E-state index in [2.05, 4.69) is 0 Å². The molecule has 0 atom stereocenters. The van der Waals surface area contributed by atoms with Gasteiger partial charge in [-0.1, -0.05) is 0 Å². The average molecular weight is 446 g/mol. The summed E-state index contributed by atoms with van der Waals surface area (Å²) in [5.74, 6) is -44.9. The van der Waals surface area contributed by atoms with Crippen LogP contribution in [0.3, 0.4) is 0 Å². The van der Waals surface area contributed by atoms with Gasteiger partial charge < -0.3 is 5.11 Å². The molecule has 0 aliphatic heterocycles. The van der Waals surface area contributed by atoms with Crippen LogP contribution in [0.4, 0.5) is 70.2 Å². The molecule has 0 unspecified atom stereocenters. The summed E-state index contributed by atoms with van der Waals surface area (Å²) >= 11 is 0. The summed E-state index contributed by atoms with van der Waals surface area (Å²) in [5.41, 5.74) is 0. The lowest BCUT2D eigenvalue weighted by Crippen LogP contribution is -2.70. The van der Waals surface area contributed by atoms with E-state index < -0.39 is 47.7 Å². The Labute approximate surface area is 138 Å². The summed E-state index contributed by atoms with van der Waals surface area (Å²) in [7, 11) is 0. The molecule has 0 aromatic heterocycles. The molecule has 0 radical (unpaired) electrons. The van der Waals surface area contributed by atoms with Gasteiger partial charge in [-0.15, -0.1) is 0 Å². The molecule has 164 valence electrons. The lowest BCUT2D eigenvalue weighted by molar-refractivity contribution is -0.437. The third kappa shape index (κ3) is 4.37. The minimum atomic E-state index is -8.31. The predicted octanol–water partition coefficient (Wildman–Crippen LogP) is 5.80. The summed E-state index contributed by atoms with van der Waals surface area (Å²) in [5, 5.41) is 7.57. The molecule has 27 heavy (non-hydrogen) atoms. The molecule has 0 spiro atoms. The van der Waals surface area contributed by atoms with Crippen molar-refractivity contribution in [3.05, 3.63) is 11.9 Å². The van der Waals surface area contributed by atoms with Gasteiger partial charge in [-0.05, 0) is 6.92 Å². The van der Waals surface area contributed by atoms with Gasteiger partial charge in [0.1, 0.15) is 0 Å². The summed E-state index contributed by atoms with van der Waals surface area (Å²) in [4.78, 5) is 0. The number of alkyl halides is 13. The fourth-order valence-electron chi connectivity index (χ4n) is 1.03. The fraction of sp³-hybridized carbons (Fsp3) is 0.800. The van der Waals surface area contributed by atoms with Crippen LogP contribution in [-0.2, 0) is 0 Å². The molecular weight excluding hydrogens is 440 g/mol. The monoisotopic (exact) mass is 446 g/mol. The van der Waals surface area contributed by atoms with Crippen molar-refractivity contribution in [3.8, 4) is 0 Å². The smallest absolute Gasteiger partial charge is 0.397 e. The average Bonchev–Trinajstić information content (AvgIpc) is 2.44. The summed E-state index contributed by atoms with van der Waals surface area (Å²) in [6, 6.07) is 0. The first-order valence-corrected chi connectivity index (χ1v) is 5.80. The van der Waals surface area contributed by atoms with Crippen molar-refractivity contribution < 1.29 is 75.4 Å². The summed E-state index contributed by atoms with van der Waals surface area (Å²) < 4.78 is 196. The molecule has 0 aliphatic rings. The summed E-state index contributed by atoms with van der Waals surface area (Å²) in [6.07, 6.45) is -12.1. The molecule has 0 aromatic rings. The second-order valence-corrected chi connectivity index (χ2v) is 4.26. The Bertz CT molecular complexity index is 526. The third-order valence-electron chi connectivity index (χ3n) is 2.37. The molecule has 0 aliphatic carbocycles. The Morgan fingerprint density at radius 2 is 0.852 bits per heavy atom. The quantitative estimate of drug-likeness (QED) is 0.530. The number of hydrogen-bond donors (Lipinski definition) is 1. The topological polar surface area (TPSA) is 20.2 Å². The molecule has 0 saturated heterocycles. The number of allylic oxidation sites excluding steroid dienone is 1. The van der Waals surface area contributed by atoms with E-state index in [0.29, 0.717) is 0 Å². The van der Waals surface area contributed by atoms with Crippen molar-refractivity contribution in [1.82, 2.24) is 0 Å². The zero-order valence-corrected chi connectivity index (χ0v) is 12.2. The summed E-state index contributed by atoms with van der Waals surface area (Å²) in [6.45, 7) is 1.93. The predicted molar refractivity (Wildman–Crippen MR) is 53.9 cm³/mol. The van der Waals surface area contributed by atoms with Gasteiger partial charge in [0.2, 0.25) is 5.83 Å². The second kappa shape index (κ2) is 7.90. The SMILES string of the molecule is CCO.FC(F)=C(F)C(F)(F)C(F)(F)C(F)(F)C(F)(F)C(F)(F)C(F)(F)F. The zero-order valence-electron chi connectivity index (χ0n) is 12.2. The van der Waals surface area contributed by atoms with E-state index in [-0.39, 0.29) is 6.61 Å². The van der Waals surface area contributed by atoms with Crippen molar-refractivity contribution in [2.24, 2.45) is 0 Å². The second-order valence-electron chi connectivity index (χ2n) is 4.26. The van der Waals surface area contributed by atoms with Gasteiger partial charge in [0.05, 0.1) is 0 Å². The van der Waals surface area contributed by atoms with Crippen LogP contribution in [0.1, 0.15) is 6.92 Å². The van der Waals surface area contributed by atoms with E-state index >= 15 is 0 Å². The lowest BCUT2D eigenvalue weighted by Gasteiger charge is -2.39. The van der Waals surface area contributed by atoms with E-state index in [1.165, 1.54) is 0 Å². The molecular formula is C10H6F16O. The third-order valence-corrected chi connectivity index (χ3v) is 2.37. The Hall–Kier alpha value is -1.42. The van der Waals surface area contributed by atoms with E-state index in [1.54, 1.807) is 6.92 Å². The van der Waals surface area contributed by atoms with Crippen molar-refractivity contribution >= 4 is 0 Å². The maximum Gasteiger partial charge on any atom is 0.460 e. The van der Waals surface area contributed by atoms with Gasteiger partial charge in [-0.2, -0.15) is 70.2 Å². The van der Waals surface area contributed by atoms with Crippen molar-refractivity contribution in [1.29, 1.82) is 0 Å². The number of aliphatic hydroxyl groups is 1. The van der Waals surface area contributed by atoms with Gasteiger partial charge in [-0.3, -0.25) is 0 Å². The Morgan fingerprint density at radius 3 is 1.07 bits per heavy atom. The Kier molecular flexibility index (Phi) is 8.14. The largest absolute Gasteiger partial charge is 0.460 e. The van der Waals surface area contributed by atoms with E-state index in [4.69, 9.17) is 5.11 Å². The molecule has 0 amide bonds. The highest BCUT2D eigenvalue weighted by Gasteiger charge is 2.91. The van der Waals surface area contributed by atoms with Crippen LogP contribution >= 0.6 is 0 Å². The van der Waals surface area contributed by atoms with E-state index in [1.807, 2.05) is 0 Å². The molecule has 17 heteroatoms. The van der Waals surface area contributed by atoms with Crippen LogP contribution in [0.15, 0.2) is 11.9 Å². The highest BCUT2D eigenvalue weighted by molar-refractivity contribution is 5.18. The van der Waals surface area contributed by atoms with Gasteiger partial charge in [-0.25, -0.2) is 0 Å². The highest BCUT2D eigenvalue weighted by Crippen LogP contribution is 2.61. The van der Waals surface area contributed by atoms with Gasteiger partial charge in [0.25, 0.3) is 0 Å². The van der Waals surface area contributed by atoms with Crippen LogP contribution in [-0.4, -0.2) is 47.5 Å². The van der Waals surface area contributed by atoms with Gasteiger partial charge in [0, 0.05) is 6.61 Å². The minimum Gasteiger partial charge on any atom is -0.397 e. The first-order chi connectivity index (χ1) is 11.5. The maximum absolute atomic E-state index is 12.7. The fourth-order valence-corrected chi connectivity index (χ4v) is 1.03. The molecule has 0 rings (SSSR count). The molecule has 0 heterocycles. The molecule has 0 saturated carbocycles. The molecule has 1 N–H and O–H groups in total. The minimum absolute atomic E-state index is 0.250. The van der Waals surface area contributed by atoms with Crippen LogP contribution in [0, 0.1) is 0 Å². The van der Waals surface area contributed by atoms with Crippen LogP contribution in [0.5, 0.6) is 0 Å². The van der Waals surface area contributed by atoms with Crippen LogP contribution in [0.25, 0.3) is 0 Å². The number of aliphatic hydroxyl groups excluding tert-OH is 1. The lowest BCUT2D eigenvalue weighted by atomic mass is 9.93. The Balaban J connectivity index is 0. The Morgan fingerprint density at radius 1 is 0.593 bits per heavy atom. The van der Waals surface area contributed by atoms with Crippen LogP contribution in [0.2, 0.25) is 0 Å². The molecule has 1 nitrogen and oxygen atoms in total. The van der Waals surface area contributed by atoms with E-state index in [0.717, 1.165) is 0 Å². The zero-order chi connectivity index (χ0) is 22.9. The van der Waals surface area contributed by atoms with Crippen molar-refractivity contribution in [2.75, 3.05) is 6.61 Å². The molecule has 0 fully saturated rings. The normalized spacial score (nSPS) is 14.4. The first-order valence-electron chi connectivity index (χ1n) is 5.80. The van der Waals surface area contributed by atoms with Gasteiger partial charge in [0.15, 0.2) is 0 Å². The number of rotatable bonds is 5. The maximum atomic E-state index is 12.7.